The maximum atomic E-state index is 13.4. The van der Waals surface area contributed by atoms with E-state index in [1.54, 1.807) is 47.6 Å². The lowest BCUT2D eigenvalue weighted by molar-refractivity contribution is -0.118. The fourth-order valence-electron chi connectivity index (χ4n) is 1.91. The lowest BCUT2D eigenvalue weighted by atomic mass is 10.3. The number of carbonyl (C=O) groups excluding carboxylic acids is 1. The molecule has 3 rings (SSSR count). The Morgan fingerprint density at radius 1 is 1.26 bits per heavy atom. The highest BCUT2D eigenvalue weighted by Gasteiger charge is 2.07. The van der Waals surface area contributed by atoms with E-state index >= 15 is 0 Å². The first-order valence-corrected chi connectivity index (χ1v) is 6.84. The zero-order valence-corrected chi connectivity index (χ0v) is 12.0. The van der Waals surface area contributed by atoms with Gasteiger partial charge in [-0.3, -0.25) is 9.36 Å². The molecule has 0 atom stereocenters. The Morgan fingerprint density at radius 3 is 2.83 bits per heavy atom. The standard InChI is InChI=1S/C16H13FN4O2/c17-13-3-1-2-4-14(13)23-10-16(22)20-12-5-6-15(19-9-12)21-8-7-18-11-21/h1-9,11H,10H2,(H,20,22). The number of amides is 1. The summed E-state index contributed by atoms with van der Waals surface area (Å²) in [5.74, 6) is -0.184. The highest BCUT2D eigenvalue weighted by molar-refractivity contribution is 5.91. The molecule has 7 heteroatoms. The van der Waals surface area contributed by atoms with Gasteiger partial charge in [-0.15, -0.1) is 0 Å². The number of imidazole rings is 1. The van der Waals surface area contributed by atoms with Gasteiger partial charge in [-0.05, 0) is 24.3 Å². The van der Waals surface area contributed by atoms with Gasteiger partial charge in [0.1, 0.15) is 12.1 Å². The number of ether oxygens (including phenoxy) is 1. The molecular weight excluding hydrogens is 299 g/mol. The average Bonchev–Trinajstić information content (AvgIpc) is 3.09. The van der Waals surface area contributed by atoms with Gasteiger partial charge in [0.05, 0.1) is 11.9 Å². The summed E-state index contributed by atoms with van der Waals surface area (Å²) in [7, 11) is 0. The first-order valence-electron chi connectivity index (χ1n) is 6.84. The van der Waals surface area contributed by atoms with E-state index in [0.717, 1.165) is 0 Å². The van der Waals surface area contributed by atoms with Crippen LogP contribution < -0.4 is 10.1 Å². The quantitative estimate of drug-likeness (QED) is 0.785. The van der Waals surface area contributed by atoms with Crippen molar-refractivity contribution in [1.29, 1.82) is 0 Å². The van der Waals surface area contributed by atoms with Crippen LogP contribution in [-0.2, 0) is 4.79 Å². The Hall–Kier alpha value is -3.22. The van der Waals surface area contributed by atoms with Gasteiger partial charge in [-0.1, -0.05) is 12.1 Å². The molecule has 23 heavy (non-hydrogen) atoms. The second-order valence-corrected chi connectivity index (χ2v) is 4.64. The molecule has 0 bridgehead atoms. The van der Waals surface area contributed by atoms with Crippen molar-refractivity contribution in [3.05, 3.63) is 67.1 Å². The van der Waals surface area contributed by atoms with E-state index in [0.29, 0.717) is 11.5 Å². The van der Waals surface area contributed by atoms with Gasteiger partial charge < -0.3 is 10.1 Å². The van der Waals surface area contributed by atoms with Crippen molar-refractivity contribution < 1.29 is 13.9 Å². The molecular formula is C16H13FN4O2. The molecule has 1 aromatic carbocycles. The van der Waals surface area contributed by atoms with Gasteiger partial charge in [0.15, 0.2) is 18.2 Å². The van der Waals surface area contributed by atoms with E-state index < -0.39 is 11.7 Å². The number of para-hydroxylation sites is 1. The molecule has 0 saturated heterocycles. The summed E-state index contributed by atoms with van der Waals surface area (Å²) in [5, 5.41) is 2.63. The predicted octanol–water partition coefficient (Wildman–Crippen LogP) is 2.42. The van der Waals surface area contributed by atoms with Gasteiger partial charge >= 0.3 is 0 Å². The zero-order chi connectivity index (χ0) is 16.1. The molecule has 0 radical (unpaired) electrons. The molecule has 116 valence electrons. The predicted molar refractivity (Wildman–Crippen MR) is 81.9 cm³/mol. The van der Waals surface area contributed by atoms with E-state index in [1.165, 1.54) is 18.3 Å². The summed E-state index contributed by atoms with van der Waals surface area (Å²) in [6.07, 6.45) is 6.57. The number of nitrogens with one attached hydrogen (secondary N) is 1. The van der Waals surface area contributed by atoms with Crippen LogP contribution in [0.1, 0.15) is 0 Å². The third kappa shape index (κ3) is 3.70. The molecule has 0 unspecified atom stereocenters. The zero-order valence-electron chi connectivity index (χ0n) is 12.0. The molecule has 1 amide bonds. The van der Waals surface area contributed by atoms with E-state index in [2.05, 4.69) is 15.3 Å². The van der Waals surface area contributed by atoms with Crippen LogP contribution in [0.2, 0.25) is 0 Å². The van der Waals surface area contributed by atoms with Crippen LogP contribution in [0.5, 0.6) is 5.75 Å². The van der Waals surface area contributed by atoms with E-state index in [-0.39, 0.29) is 12.4 Å². The number of aromatic nitrogens is 3. The number of pyridine rings is 1. The summed E-state index contributed by atoms with van der Waals surface area (Å²) in [6, 6.07) is 9.37. The van der Waals surface area contributed by atoms with Crippen molar-refractivity contribution in [2.24, 2.45) is 0 Å². The Balaban J connectivity index is 1.57. The number of carbonyl (C=O) groups is 1. The van der Waals surface area contributed by atoms with Crippen LogP contribution in [0, 0.1) is 5.82 Å². The largest absolute Gasteiger partial charge is 0.481 e. The summed E-state index contributed by atoms with van der Waals surface area (Å²) < 4.78 is 20.2. The molecule has 2 aromatic heterocycles. The molecule has 0 aliphatic carbocycles. The Morgan fingerprint density at radius 2 is 2.13 bits per heavy atom. The van der Waals surface area contributed by atoms with Gasteiger partial charge in [0, 0.05) is 12.4 Å². The molecule has 0 aliphatic rings. The first-order chi connectivity index (χ1) is 11.2. The van der Waals surface area contributed by atoms with Crippen molar-refractivity contribution in [2.45, 2.75) is 0 Å². The molecule has 0 spiro atoms. The van der Waals surface area contributed by atoms with E-state index in [4.69, 9.17) is 4.74 Å². The maximum Gasteiger partial charge on any atom is 0.262 e. The average molecular weight is 312 g/mol. The van der Waals surface area contributed by atoms with Crippen molar-refractivity contribution in [2.75, 3.05) is 11.9 Å². The van der Waals surface area contributed by atoms with Crippen molar-refractivity contribution in [3.8, 4) is 11.6 Å². The van der Waals surface area contributed by atoms with Crippen molar-refractivity contribution >= 4 is 11.6 Å². The van der Waals surface area contributed by atoms with Crippen molar-refractivity contribution in [1.82, 2.24) is 14.5 Å². The second kappa shape index (κ2) is 6.69. The minimum atomic E-state index is -0.508. The van der Waals surface area contributed by atoms with Crippen LogP contribution >= 0.6 is 0 Å². The Kier molecular flexibility index (Phi) is 4.28. The second-order valence-electron chi connectivity index (χ2n) is 4.64. The maximum absolute atomic E-state index is 13.4. The van der Waals surface area contributed by atoms with Gasteiger partial charge in [0.2, 0.25) is 0 Å². The van der Waals surface area contributed by atoms with Gasteiger partial charge in [-0.25, -0.2) is 14.4 Å². The van der Waals surface area contributed by atoms with Crippen molar-refractivity contribution in [3.63, 3.8) is 0 Å². The third-order valence-corrected chi connectivity index (χ3v) is 3.00. The molecule has 3 aromatic rings. The minimum absolute atomic E-state index is 0.0382. The number of hydrogen-bond donors (Lipinski definition) is 1. The fraction of sp³-hybridized carbons (Fsp3) is 0.0625. The fourth-order valence-corrected chi connectivity index (χ4v) is 1.91. The Labute approximate surface area is 131 Å². The summed E-state index contributed by atoms with van der Waals surface area (Å²) in [5.41, 5.74) is 0.524. The normalized spacial score (nSPS) is 10.3. The molecule has 6 nitrogen and oxygen atoms in total. The molecule has 0 fully saturated rings. The lowest BCUT2D eigenvalue weighted by Gasteiger charge is -2.08. The van der Waals surface area contributed by atoms with Crippen LogP contribution in [0.4, 0.5) is 10.1 Å². The number of benzene rings is 1. The van der Waals surface area contributed by atoms with Crippen LogP contribution in [0.3, 0.4) is 0 Å². The minimum Gasteiger partial charge on any atom is -0.481 e. The SMILES string of the molecule is O=C(COc1ccccc1F)Nc1ccc(-n2ccnc2)nc1. The lowest BCUT2D eigenvalue weighted by Crippen LogP contribution is -2.20. The highest BCUT2D eigenvalue weighted by atomic mass is 19.1. The van der Waals surface area contributed by atoms with Crippen LogP contribution in [-0.4, -0.2) is 27.0 Å². The van der Waals surface area contributed by atoms with Crippen LogP contribution in [0.15, 0.2) is 61.3 Å². The number of rotatable bonds is 5. The Bertz CT molecular complexity index is 788. The smallest absolute Gasteiger partial charge is 0.262 e. The molecule has 1 N–H and O–H groups in total. The monoisotopic (exact) mass is 312 g/mol. The number of nitrogens with zero attached hydrogens (tertiary/aromatic N) is 3. The van der Waals surface area contributed by atoms with E-state index in [1.807, 2.05) is 0 Å². The first kappa shape index (κ1) is 14.7. The molecule has 0 aliphatic heterocycles. The topological polar surface area (TPSA) is 69.0 Å². The van der Waals surface area contributed by atoms with E-state index in [9.17, 15) is 9.18 Å². The summed E-state index contributed by atoms with van der Waals surface area (Å²) in [4.78, 5) is 20.0. The number of halogens is 1. The third-order valence-electron chi connectivity index (χ3n) is 3.00. The summed E-state index contributed by atoms with van der Waals surface area (Å²) in [6.45, 7) is -0.287. The van der Waals surface area contributed by atoms with Crippen LogP contribution in [0.25, 0.3) is 5.82 Å². The summed E-state index contributed by atoms with van der Waals surface area (Å²) >= 11 is 0. The number of hydrogen-bond acceptors (Lipinski definition) is 4. The highest BCUT2D eigenvalue weighted by Crippen LogP contribution is 2.15. The van der Waals surface area contributed by atoms with Gasteiger partial charge in [0.25, 0.3) is 5.91 Å². The number of anilines is 1. The molecule has 2 heterocycles. The van der Waals surface area contributed by atoms with Gasteiger partial charge in [-0.2, -0.15) is 0 Å². The molecule has 0 saturated carbocycles.